The smallest absolute Gasteiger partial charge is 0.223 e. The summed E-state index contributed by atoms with van der Waals surface area (Å²) in [4.78, 5) is 21.0. The summed E-state index contributed by atoms with van der Waals surface area (Å²) < 4.78 is 5.80. The highest BCUT2D eigenvalue weighted by Gasteiger charge is 2.21. The van der Waals surface area contributed by atoms with Crippen LogP contribution in [0.5, 0.6) is 0 Å². The predicted octanol–water partition coefficient (Wildman–Crippen LogP) is 2.75. The lowest BCUT2D eigenvalue weighted by Gasteiger charge is -2.34. The van der Waals surface area contributed by atoms with Crippen molar-refractivity contribution in [2.45, 2.75) is 26.2 Å². The van der Waals surface area contributed by atoms with Gasteiger partial charge in [0, 0.05) is 57.5 Å². The zero-order valence-electron chi connectivity index (χ0n) is 15.3. The van der Waals surface area contributed by atoms with E-state index in [4.69, 9.17) is 10.8 Å². The zero-order valence-corrected chi connectivity index (χ0v) is 15.3. The van der Waals surface area contributed by atoms with Crippen molar-refractivity contribution in [3.05, 3.63) is 41.9 Å². The lowest BCUT2D eigenvalue weighted by atomic mass is 10.1. The minimum Gasteiger partial charge on any atom is -0.441 e. The van der Waals surface area contributed by atoms with E-state index >= 15 is 0 Å². The Kier molecular flexibility index (Phi) is 6.08. The largest absolute Gasteiger partial charge is 0.441 e. The molecule has 0 radical (unpaired) electrons. The van der Waals surface area contributed by atoms with E-state index in [9.17, 15) is 4.79 Å². The monoisotopic (exact) mass is 351 g/mol. The number of terminal acetylenes is 1. The highest BCUT2D eigenvalue weighted by atomic mass is 16.4. The van der Waals surface area contributed by atoms with Gasteiger partial charge in [0.25, 0.3) is 0 Å². The minimum atomic E-state index is 0.164. The number of piperazine rings is 1. The SMILES string of the molecule is C#CCCN1CCN(C(=O)CCc2ncc(-c3ccc(C)cc3)o2)CC1. The maximum Gasteiger partial charge on any atom is 0.223 e. The molecule has 0 N–H and O–H groups in total. The minimum absolute atomic E-state index is 0.164. The number of hydrogen-bond donors (Lipinski definition) is 0. The van der Waals surface area contributed by atoms with Gasteiger partial charge < -0.3 is 9.32 Å². The fourth-order valence-electron chi connectivity index (χ4n) is 3.09. The molecule has 2 aromatic rings. The first-order valence-corrected chi connectivity index (χ1v) is 9.11. The van der Waals surface area contributed by atoms with Gasteiger partial charge in [0.2, 0.25) is 5.91 Å². The summed E-state index contributed by atoms with van der Waals surface area (Å²) in [7, 11) is 0. The van der Waals surface area contributed by atoms with Crippen molar-refractivity contribution in [3.63, 3.8) is 0 Å². The van der Waals surface area contributed by atoms with Gasteiger partial charge in [-0.25, -0.2) is 4.98 Å². The molecule has 1 amide bonds. The second-order valence-electron chi connectivity index (χ2n) is 6.66. The molecule has 3 rings (SSSR count). The second-order valence-corrected chi connectivity index (χ2v) is 6.66. The van der Waals surface area contributed by atoms with Crippen molar-refractivity contribution in [1.29, 1.82) is 0 Å². The molecule has 5 heteroatoms. The third-order valence-electron chi connectivity index (χ3n) is 4.74. The molecule has 1 aromatic heterocycles. The number of rotatable bonds is 6. The van der Waals surface area contributed by atoms with Gasteiger partial charge in [-0.3, -0.25) is 9.69 Å². The Hall–Kier alpha value is -2.58. The normalized spacial score (nSPS) is 15.0. The van der Waals surface area contributed by atoms with Crippen molar-refractivity contribution < 1.29 is 9.21 Å². The molecule has 1 aliphatic heterocycles. The zero-order chi connectivity index (χ0) is 18.4. The van der Waals surface area contributed by atoms with Gasteiger partial charge in [0.1, 0.15) is 0 Å². The summed E-state index contributed by atoms with van der Waals surface area (Å²) in [6.07, 6.45) is 8.76. The van der Waals surface area contributed by atoms with Crippen LogP contribution in [0.4, 0.5) is 0 Å². The van der Waals surface area contributed by atoms with Crippen LogP contribution in [0, 0.1) is 19.3 Å². The first-order chi connectivity index (χ1) is 12.7. The molecule has 1 saturated heterocycles. The Morgan fingerprint density at radius 1 is 1.23 bits per heavy atom. The van der Waals surface area contributed by atoms with Gasteiger partial charge in [0.05, 0.1) is 6.20 Å². The Morgan fingerprint density at radius 3 is 2.65 bits per heavy atom. The number of benzene rings is 1. The van der Waals surface area contributed by atoms with Crippen LogP contribution >= 0.6 is 0 Å². The summed E-state index contributed by atoms with van der Waals surface area (Å²) in [5, 5.41) is 0. The maximum atomic E-state index is 12.4. The van der Waals surface area contributed by atoms with Crippen LogP contribution in [0.2, 0.25) is 0 Å². The molecule has 0 saturated carbocycles. The van der Waals surface area contributed by atoms with Gasteiger partial charge >= 0.3 is 0 Å². The molecule has 136 valence electrons. The standard InChI is InChI=1S/C21H25N3O2/c1-3-4-11-23-12-14-24(15-13-23)21(25)10-9-20-22-16-19(26-20)18-7-5-17(2)6-8-18/h1,5-8,16H,4,9-15H2,2H3. The fourth-order valence-corrected chi connectivity index (χ4v) is 3.09. The molecule has 1 fully saturated rings. The van der Waals surface area contributed by atoms with Crippen LogP contribution < -0.4 is 0 Å². The number of amides is 1. The van der Waals surface area contributed by atoms with E-state index in [1.807, 2.05) is 29.2 Å². The molecular weight excluding hydrogens is 326 g/mol. The first kappa shape index (κ1) is 18.2. The van der Waals surface area contributed by atoms with Crippen LogP contribution in [0.15, 0.2) is 34.9 Å². The Morgan fingerprint density at radius 2 is 1.96 bits per heavy atom. The van der Waals surface area contributed by atoms with Crippen LogP contribution in [-0.2, 0) is 11.2 Å². The van der Waals surface area contributed by atoms with E-state index in [2.05, 4.69) is 22.7 Å². The number of nitrogens with zero attached hydrogens (tertiary/aromatic N) is 3. The number of hydrogen-bond acceptors (Lipinski definition) is 4. The van der Waals surface area contributed by atoms with E-state index in [0.29, 0.717) is 18.7 Å². The van der Waals surface area contributed by atoms with E-state index in [-0.39, 0.29) is 5.91 Å². The average Bonchev–Trinajstić information content (AvgIpc) is 3.14. The summed E-state index contributed by atoms with van der Waals surface area (Å²) >= 11 is 0. The van der Waals surface area contributed by atoms with Crippen molar-refractivity contribution in [2.75, 3.05) is 32.7 Å². The lowest BCUT2D eigenvalue weighted by molar-refractivity contribution is -0.133. The summed E-state index contributed by atoms with van der Waals surface area (Å²) in [5.41, 5.74) is 2.21. The molecule has 0 aliphatic carbocycles. The first-order valence-electron chi connectivity index (χ1n) is 9.11. The molecule has 2 heterocycles. The number of aryl methyl sites for hydroxylation is 2. The Labute approximate surface area is 155 Å². The molecule has 0 unspecified atom stereocenters. The molecule has 0 bridgehead atoms. The predicted molar refractivity (Wildman–Crippen MR) is 101 cm³/mol. The molecule has 0 atom stereocenters. The molecule has 0 spiro atoms. The van der Waals surface area contributed by atoms with Crippen LogP contribution in [0.3, 0.4) is 0 Å². The van der Waals surface area contributed by atoms with Crippen molar-refractivity contribution in [3.8, 4) is 23.7 Å². The highest BCUT2D eigenvalue weighted by Crippen LogP contribution is 2.21. The summed E-state index contributed by atoms with van der Waals surface area (Å²) in [6, 6.07) is 8.13. The summed E-state index contributed by atoms with van der Waals surface area (Å²) in [6.45, 7) is 6.29. The van der Waals surface area contributed by atoms with Gasteiger partial charge in [-0.2, -0.15) is 0 Å². The number of oxazole rings is 1. The second kappa shape index (κ2) is 8.68. The number of carbonyl (C=O) groups is 1. The third-order valence-corrected chi connectivity index (χ3v) is 4.74. The van der Waals surface area contributed by atoms with Crippen LogP contribution in [-0.4, -0.2) is 53.4 Å². The average molecular weight is 351 g/mol. The molecule has 1 aromatic carbocycles. The van der Waals surface area contributed by atoms with Crippen LogP contribution in [0.25, 0.3) is 11.3 Å². The van der Waals surface area contributed by atoms with E-state index in [0.717, 1.165) is 50.5 Å². The van der Waals surface area contributed by atoms with Gasteiger partial charge in [-0.05, 0) is 6.92 Å². The lowest BCUT2D eigenvalue weighted by Crippen LogP contribution is -2.48. The third kappa shape index (κ3) is 4.74. The van der Waals surface area contributed by atoms with E-state index < -0.39 is 0 Å². The van der Waals surface area contributed by atoms with Gasteiger partial charge in [-0.15, -0.1) is 12.3 Å². The summed E-state index contributed by atoms with van der Waals surface area (Å²) in [5.74, 6) is 4.19. The molecule has 26 heavy (non-hydrogen) atoms. The molecule has 5 nitrogen and oxygen atoms in total. The van der Waals surface area contributed by atoms with Gasteiger partial charge in [-0.1, -0.05) is 29.8 Å². The van der Waals surface area contributed by atoms with Crippen LogP contribution in [0.1, 0.15) is 24.3 Å². The molecular formula is C21H25N3O2. The van der Waals surface area contributed by atoms with Crippen molar-refractivity contribution in [2.24, 2.45) is 0 Å². The Bertz CT molecular complexity index is 765. The number of aromatic nitrogens is 1. The Balaban J connectivity index is 1.47. The maximum absolute atomic E-state index is 12.4. The topological polar surface area (TPSA) is 49.6 Å². The highest BCUT2D eigenvalue weighted by molar-refractivity contribution is 5.76. The molecule has 1 aliphatic rings. The fraction of sp³-hybridized carbons (Fsp3) is 0.429. The van der Waals surface area contributed by atoms with Gasteiger partial charge in [0.15, 0.2) is 11.7 Å². The quantitative estimate of drug-likeness (QED) is 0.751. The van der Waals surface area contributed by atoms with E-state index in [1.165, 1.54) is 5.56 Å². The van der Waals surface area contributed by atoms with E-state index in [1.54, 1.807) is 6.20 Å². The van der Waals surface area contributed by atoms with Crippen molar-refractivity contribution >= 4 is 5.91 Å². The van der Waals surface area contributed by atoms with Crippen molar-refractivity contribution in [1.82, 2.24) is 14.8 Å². The number of carbonyl (C=O) groups excluding carboxylic acids is 1.